The maximum atomic E-state index is 15.0. The van der Waals surface area contributed by atoms with E-state index < -0.39 is 35.5 Å². The number of nitrogens with two attached hydrogens (primary N) is 1. The predicted molar refractivity (Wildman–Crippen MR) is 186 cm³/mol. The van der Waals surface area contributed by atoms with E-state index in [1.165, 1.54) is 23.6 Å². The van der Waals surface area contributed by atoms with Crippen molar-refractivity contribution < 1.29 is 23.1 Å². The molecule has 2 atom stereocenters. The Balaban J connectivity index is 1.27. The van der Waals surface area contributed by atoms with E-state index in [0.29, 0.717) is 44.1 Å². The van der Waals surface area contributed by atoms with Gasteiger partial charge in [0, 0.05) is 23.2 Å². The molecule has 0 bridgehead atoms. The molecule has 2 aromatic carbocycles. The van der Waals surface area contributed by atoms with Gasteiger partial charge in [-0.05, 0) is 73.3 Å². The summed E-state index contributed by atoms with van der Waals surface area (Å²) in [6.45, 7) is 4.98. The van der Waals surface area contributed by atoms with Gasteiger partial charge in [0.1, 0.15) is 18.8 Å². The molecule has 2 aromatic heterocycles. The number of amides is 2. The first kappa shape index (κ1) is 34.6. The Hall–Kier alpha value is -4.85. The number of guanidine groups is 1. The number of aliphatic imine (C=N–C) groups is 1. The molecule has 2 aliphatic carbocycles. The molecule has 0 unspecified atom stereocenters. The molecular weight excluding hydrogens is 680 g/mol. The quantitative estimate of drug-likeness (QED) is 0.172. The van der Waals surface area contributed by atoms with Gasteiger partial charge in [0.15, 0.2) is 11.5 Å². The van der Waals surface area contributed by atoms with Crippen molar-refractivity contribution in [3.05, 3.63) is 83.2 Å². The van der Waals surface area contributed by atoms with Crippen LogP contribution in [0.4, 0.5) is 13.6 Å². The lowest BCUT2D eigenvalue weighted by atomic mass is 9.75. The highest BCUT2D eigenvalue weighted by atomic mass is 35.5. The van der Waals surface area contributed by atoms with E-state index in [1.807, 2.05) is 33.8 Å². The van der Waals surface area contributed by atoms with Gasteiger partial charge in [-0.2, -0.15) is 19.0 Å². The third kappa shape index (κ3) is 6.93. The number of rotatable bonds is 11. The Kier molecular flexibility index (Phi) is 8.63. The zero-order valence-electron chi connectivity index (χ0n) is 28.8. The molecule has 7 rings (SSSR count). The van der Waals surface area contributed by atoms with Crippen LogP contribution in [-0.2, 0) is 15.1 Å². The van der Waals surface area contributed by atoms with E-state index in [-0.39, 0.29) is 24.0 Å². The molecule has 3 heterocycles. The van der Waals surface area contributed by atoms with Crippen LogP contribution in [0.25, 0.3) is 16.8 Å². The van der Waals surface area contributed by atoms with Crippen LogP contribution >= 0.6 is 11.6 Å². The SMILES string of the molecule is CC(C)(C)C[C@]1(c2ccc(-c3cnn(C(F)F)c3)cc2)N=C(N)N([C@H](COC(=O)NC2(C)CC2)c2ccc(Cl)c(-n3ncnc3C3CC3)c2)C1=O. The predicted octanol–water partition coefficient (Wildman–Crippen LogP) is 6.87. The fraction of sp³-hybridized carbons (Fsp3) is 0.444. The van der Waals surface area contributed by atoms with Crippen molar-refractivity contribution >= 4 is 29.6 Å². The molecule has 12 nitrogen and oxygen atoms in total. The summed E-state index contributed by atoms with van der Waals surface area (Å²) in [5.74, 6) is 0.649. The van der Waals surface area contributed by atoms with E-state index in [9.17, 15) is 13.6 Å². The lowest BCUT2D eigenvalue weighted by molar-refractivity contribution is -0.135. The smallest absolute Gasteiger partial charge is 0.407 e. The third-order valence-electron chi connectivity index (χ3n) is 9.60. The summed E-state index contributed by atoms with van der Waals surface area (Å²) in [5.41, 5.74) is 7.45. The van der Waals surface area contributed by atoms with Gasteiger partial charge in [-0.1, -0.05) is 62.7 Å². The molecule has 4 aromatic rings. The number of alkyl carbamates (subject to hydrolysis) is 1. The summed E-state index contributed by atoms with van der Waals surface area (Å²) in [4.78, 5) is 38.7. The molecular formula is C36H40ClF2N9O3. The second-order valence-electron chi connectivity index (χ2n) is 15.1. The van der Waals surface area contributed by atoms with Crippen LogP contribution in [0.15, 0.2) is 66.2 Å². The van der Waals surface area contributed by atoms with Crippen molar-refractivity contribution in [2.45, 2.75) is 89.4 Å². The lowest BCUT2D eigenvalue weighted by Crippen LogP contribution is -2.48. The van der Waals surface area contributed by atoms with Gasteiger partial charge in [-0.15, -0.1) is 0 Å². The molecule has 2 amide bonds. The summed E-state index contributed by atoms with van der Waals surface area (Å²) < 4.78 is 34.5. The average molecular weight is 720 g/mol. The molecule has 3 N–H and O–H groups in total. The van der Waals surface area contributed by atoms with Crippen molar-refractivity contribution in [2.24, 2.45) is 16.1 Å². The molecule has 2 saturated carbocycles. The van der Waals surface area contributed by atoms with Gasteiger partial charge in [-0.25, -0.2) is 24.1 Å². The van der Waals surface area contributed by atoms with Crippen LogP contribution in [0, 0.1) is 5.41 Å². The number of carbonyl (C=O) groups is 2. The number of aromatic nitrogens is 5. The van der Waals surface area contributed by atoms with Crippen LogP contribution in [0.3, 0.4) is 0 Å². The second kappa shape index (κ2) is 12.7. The largest absolute Gasteiger partial charge is 0.447 e. The van der Waals surface area contributed by atoms with Crippen molar-refractivity contribution in [3.8, 4) is 16.8 Å². The maximum absolute atomic E-state index is 15.0. The van der Waals surface area contributed by atoms with E-state index in [2.05, 4.69) is 20.5 Å². The maximum Gasteiger partial charge on any atom is 0.407 e. The number of benzene rings is 2. The van der Waals surface area contributed by atoms with Gasteiger partial charge < -0.3 is 15.8 Å². The second-order valence-corrected chi connectivity index (χ2v) is 15.5. The number of halogens is 3. The first-order valence-electron chi connectivity index (χ1n) is 16.9. The van der Waals surface area contributed by atoms with Crippen LogP contribution < -0.4 is 11.1 Å². The fourth-order valence-electron chi connectivity index (χ4n) is 6.63. The van der Waals surface area contributed by atoms with Crippen molar-refractivity contribution in [2.75, 3.05) is 6.61 Å². The van der Waals surface area contributed by atoms with E-state index in [0.717, 1.165) is 31.5 Å². The molecule has 15 heteroatoms. The molecule has 3 aliphatic rings. The molecule has 0 spiro atoms. The van der Waals surface area contributed by atoms with Gasteiger partial charge in [0.2, 0.25) is 0 Å². The van der Waals surface area contributed by atoms with Crippen molar-refractivity contribution in [1.29, 1.82) is 0 Å². The number of nitrogens with one attached hydrogen (secondary N) is 1. The van der Waals surface area contributed by atoms with E-state index in [4.69, 9.17) is 27.1 Å². The summed E-state index contributed by atoms with van der Waals surface area (Å²) in [6, 6.07) is 11.4. The molecule has 268 valence electrons. The average Bonchev–Trinajstić information content (AvgIpc) is 3.89. The minimum atomic E-state index is -2.76. The van der Waals surface area contributed by atoms with Crippen LogP contribution in [-0.4, -0.2) is 59.6 Å². The lowest BCUT2D eigenvalue weighted by Gasteiger charge is -2.35. The first-order chi connectivity index (χ1) is 24.2. The zero-order chi connectivity index (χ0) is 36.3. The molecule has 1 aliphatic heterocycles. The number of alkyl halides is 2. The normalized spacial score (nSPS) is 20.4. The summed E-state index contributed by atoms with van der Waals surface area (Å²) in [7, 11) is 0. The zero-order valence-corrected chi connectivity index (χ0v) is 29.6. The molecule has 2 fully saturated rings. The molecule has 0 radical (unpaired) electrons. The summed E-state index contributed by atoms with van der Waals surface area (Å²) >= 11 is 6.73. The van der Waals surface area contributed by atoms with Crippen LogP contribution in [0.5, 0.6) is 0 Å². The monoisotopic (exact) mass is 719 g/mol. The third-order valence-corrected chi connectivity index (χ3v) is 9.92. The van der Waals surface area contributed by atoms with E-state index >= 15 is 4.79 Å². The Bertz CT molecular complexity index is 2000. The topological polar surface area (TPSA) is 146 Å². The number of nitrogens with zero attached hydrogens (tertiary/aromatic N) is 7. The Morgan fingerprint density at radius 2 is 1.84 bits per heavy atom. The number of ether oxygens (including phenoxy) is 1. The molecule has 51 heavy (non-hydrogen) atoms. The standard InChI is InChI=1S/C36H40ClF2N9O3/c1-34(2,3)19-36(25-10-7-21(8-11-25)24-16-42-46(17-24)31(38)39)30(49)47(32(40)44-36)28(18-51-33(50)45-35(4)13-14-35)23-9-12-26(37)27(15-23)48-29(22-5-6-22)41-20-43-48/h7-12,15-17,20,22,28,31H,5-6,13-14,18-19H2,1-4H3,(H2,40,44)(H,45,50)/t28-,36-/m1/s1. The van der Waals surface area contributed by atoms with Crippen LogP contribution in [0.2, 0.25) is 5.02 Å². The number of hydrogen-bond donors (Lipinski definition) is 2. The van der Waals surface area contributed by atoms with Gasteiger partial charge in [0.05, 0.1) is 22.9 Å². The van der Waals surface area contributed by atoms with Gasteiger partial charge in [-0.3, -0.25) is 9.69 Å². The Labute approximate surface area is 299 Å². The van der Waals surface area contributed by atoms with Gasteiger partial charge in [0.25, 0.3) is 5.91 Å². The highest BCUT2D eigenvalue weighted by Crippen LogP contribution is 2.46. The van der Waals surface area contributed by atoms with Crippen LogP contribution in [0.1, 0.15) is 95.3 Å². The summed E-state index contributed by atoms with van der Waals surface area (Å²) in [5, 5.41) is 11.5. The highest BCUT2D eigenvalue weighted by Gasteiger charge is 2.53. The fourth-order valence-corrected chi connectivity index (χ4v) is 6.83. The minimum Gasteiger partial charge on any atom is -0.447 e. The minimum absolute atomic E-state index is 0.0365. The highest BCUT2D eigenvalue weighted by molar-refractivity contribution is 6.32. The van der Waals surface area contributed by atoms with Crippen molar-refractivity contribution in [1.82, 2.24) is 34.8 Å². The first-order valence-corrected chi connectivity index (χ1v) is 17.3. The van der Waals surface area contributed by atoms with Crippen molar-refractivity contribution in [3.63, 3.8) is 0 Å². The Morgan fingerprint density at radius 3 is 2.47 bits per heavy atom. The summed E-state index contributed by atoms with van der Waals surface area (Å²) in [6.07, 6.45) is 7.52. The number of hydrogen-bond acceptors (Lipinski definition) is 8. The van der Waals surface area contributed by atoms with E-state index in [1.54, 1.807) is 41.1 Å². The Morgan fingerprint density at radius 1 is 1.12 bits per heavy atom. The number of carbonyl (C=O) groups excluding carboxylic acids is 2. The van der Waals surface area contributed by atoms with Gasteiger partial charge >= 0.3 is 12.6 Å². The molecule has 0 saturated heterocycles.